The maximum absolute atomic E-state index is 11.9. The van der Waals surface area contributed by atoms with Crippen LogP contribution >= 0.6 is 22.6 Å². The van der Waals surface area contributed by atoms with Gasteiger partial charge in [-0.25, -0.2) is 0 Å². The monoisotopic (exact) mass is 381 g/mol. The molecule has 0 aliphatic carbocycles. The standard InChI is InChI=1S/C16H16INO2/c1-11-5-3-8-15(12(11)2)18-16(19)10-20-14-7-4-6-13(17)9-14/h3-9H,10H2,1-2H3,(H,18,19). The van der Waals surface area contributed by atoms with Crippen molar-refractivity contribution in [2.24, 2.45) is 0 Å². The molecule has 0 fully saturated rings. The molecule has 2 aromatic rings. The molecule has 0 aromatic heterocycles. The van der Waals surface area contributed by atoms with E-state index in [-0.39, 0.29) is 12.5 Å². The van der Waals surface area contributed by atoms with Gasteiger partial charge >= 0.3 is 0 Å². The zero-order valence-corrected chi connectivity index (χ0v) is 13.6. The fourth-order valence-electron chi connectivity index (χ4n) is 1.78. The van der Waals surface area contributed by atoms with E-state index in [4.69, 9.17) is 4.74 Å². The molecule has 0 aliphatic heterocycles. The number of hydrogen-bond acceptors (Lipinski definition) is 2. The number of carbonyl (C=O) groups excluding carboxylic acids is 1. The molecular formula is C16H16INO2. The van der Waals surface area contributed by atoms with E-state index in [1.165, 1.54) is 0 Å². The summed E-state index contributed by atoms with van der Waals surface area (Å²) in [5.41, 5.74) is 3.07. The molecule has 0 heterocycles. The molecule has 1 N–H and O–H groups in total. The molecule has 104 valence electrons. The van der Waals surface area contributed by atoms with Crippen molar-refractivity contribution in [1.82, 2.24) is 0 Å². The molecule has 0 saturated heterocycles. The highest BCUT2D eigenvalue weighted by Gasteiger charge is 2.07. The van der Waals surface area contributed by atoms with E-state index in [1.807, 2.05) is 56.3 Å². The smallest absolute Gasteiger partial charge is 0.262 e. The highest BCUT2D eigenvalue weighted by Crippen LogP contribution is 2.18. The third kappa shape index (κ3) is 3.96. The molecule has 0 unspecified atom stereocenters. The fourth-order valence-corrected chi connectivity index (χ4v) is 2.29. The van der Waals surface area contributed by atoms with Gasteiger partial charge in [0.1, 0.15) is 5.75 Å². The lowest BCUT2D eigenvalue weighted by molar-refractivity contribution is -0.118. The predicted octanol–water partition coefficient (Wildman–Crippen LogP) is 3.93. The Balaban J connectivity index is 1.94. The molecule has 0 aliphatic rings. The van der Waals surface area contributed by atoms with Gasteiger partial charge in [-0.15, -0.1) is 0 Å². The number of amides is 1. The van der Waals surface area contributed by atoms with E-state index in [1.54, 1.807) is 0 Å². The van der Waals surface area contributed by atoms with E-state index >= 15 is 0 Å². The Morgan fingerprint density at radius 3 is 2.70 bits per heavy atom. The molecule has 0 saturated carbocycles. The molecule has 0 radical (unpaired) electrons. The van der Waals surface area contributed by atoms with Crippen molar-refractivity contribution in [3.8, 4) is 5.75 Å². The topological polar surface area (TPSA) is 38.3 Å². The number of hydrogen-bond donors (Lipinski definition) is 1. The van der Waals surface area contributed by atoms with Crippen LogP contribution in [0.2, 0.25) is 0 Å². The number of ether oxygens (including phenoxy) is 1. The third-order valence-electron chi connectivity index (χ3n) is 3.04. The van der Waals surface area contributed by atoms with E-state index in [2.05, 4.69) is 27.9 Å². The first-order valence-corrected chi connectivity index (χ1v) is 7.38. The minimum atomic E-state index is -0.155. The van der Waals surface area contributed by atoms with Crippen molar-refractivity contribution in [2.75, 3.05) is 11.9 Å². The Bertz CT molecular complexity index is 626. The first kappa shape index (κ1) is 14.8. The van der Waals surface area contributed by atoms with Crippen LogP contribution in [0.15, 0.2) is 42.5 Å². The summed E-state index contributed by atoms with van der Waals surface area (Å²) in [6.45, 7) is 4.02. The van der Waals surface area contributed by atoms with Crippen LogP contribution in [0.1, 0.15) is 11.1 Å². The fraction of sp³-hybridized carbons (Fsp3) is 0.188. The zero-order valence-electron chi connectivity index (χ0n) is 11.4. The number of nitrogens with one attached hydrogen (secondary N) is 1. The van der Waals surface area contributed by atoms with Gasteiger partial charge in [-0.05, 0) is 71.8 Å². The maximum Gasteiger partial charge on any atom is 0.262 e. The summed E-state index contributed by atoms with van der Waals surface area (Å²) in [7, 11) is 0. The van der Waals surface area contributed by atoms with Crippen molar-refractivity contribution in [3.63, 3.8) is 0 Å². The highest BCUT2D eigenvalue weighted by molar-refractivity contribution is 14.1. The largest absolute Gasteiger partial charge is 0.484 e. The van der Waals surface area contributed by atoms with Gasteiger partial charge in [0, 0.05) is 9.26 Å². The molecule has 0 spiro atoms. The van der Waals surface area contributed by atoms with Gasteiger partial charge in [0.2, 0.25) is 0 Å². The molecule has 3 nitrogen and oxygen atoms in total. The van der Waals surface area contributed by atoms with Crippen LogP contribution in [-0.4, -0.2) is 12.5 Å². The molecule has 4 heteroatoms. The summed E-state index contributed by atoms with van der Waals surface area (Å²) in [6.07, 6.45) is 0. The summed E-state index contributed by atoms with van der Waals surface area (Å²) in [4.78, 5) is 11.9. The number of halogens is 1. The Morgan fingerprint density at radius 1 is 1.20 bits per heavy atom. The number of benzene rings is 2. The number of anilines is 1. The molecule has 1 amide bonds. The lowest BCUT2D eigenvalue weighted by Crippen LogP contribution is -2.20. The van der Waals surface area contributed by atoms with Crippen LogP contribution in [0.3, 0.4) is 0 Å². The predicted molar refractivity (Wildman–Crippen MR) is 89.2 cm³/mol. The van der Waals surface area contributed by atoms with Crippen LogP contribution in [-0.2, 0) is 4.79 Å². The van der Waals surface area contributed by atoms with Crippen molar-refractivity contribution < 1.29 is 9.53 Å². The number of aryl methyl sites for hydroxylation is 1. The average molecular weight is 381 g/mol. The van der Waals surface area contributed by atoms with Crippen molar-refractivity contribution in [2.45, 2.75) is 13.8 Å². The van der Waals surface area contributed by atoms with Gasteiger partial charge in [-0.1, -0.05) is 18.2 Å². The van der Waals surface area contributed by atoms with Crippen molar-refractivity contribution in [3.05, 3.63) is 57.2 Å². The molecule has 20 heavy (non-hydrogen) atoms. The lowest BCUT2D eigenvalue weighted by atomic mass is 10.1. The highest BCUT2D eigenvalue weighted by atomic mass is 127. The van der Waals surface area contributed by atoms with Crippen molar-refractivity contribution >= 4 is 34.2 Å². The van der Waals surface area contributed by atoms with Gasteiger partial charge in [-0.3, -0.25) is 4.79 Å². The summed E-state index contributed by atoms with van der Waals surface area (Å²) in [5.74, 6) is 0.547. The molecule has 0 bridgehead atoms. The molecule has 2 aromatic carbocycles. The van der Waals surface area contributed by atoms with Gasteiger partial charge in [0.25, 0.3) is 5.91 Å². The minimum absolute atomic E-state index is 0.00742. The Kier molecular flexibility index (Phi) is 5.00. The second-order valence-electron chi connectivity index (χ2n) is 4.54. The molecular weight excluding hydrogens is 365 g/mol. The SMILES string of the molecule is Cc1cccc(NC(=O)COc2cccc(I)c2)c1C. The van der Waals surface area contributed by atoms with Crippen LogP contribution in [0, 0.1) is 17.4 Å². The van der Waals surface area contributed by atoms with Crippen LogP contribution in [0.5, 0.6) is 5.75 Å². The third-order valence-corrected chi connectivity index (χ3v) is 3.72. The van der Waals surface area contributed by atoms with E-state index in [9.17, 15) is 4.79 Å². The van der Waals surface area contributed by atoms with E-state index in [0.29, 0.717) is 5.75 Å². The quantitative estimate of drug-likeness (QED) is 0.816. The minimum Gasteiger partial charge on any atom is -0.484 e. The maximum atomic E-state index is 11.9. The van der Waals surface area contributed by atoms with Crippen molar-refractivity contribution in [1.29, 1.82) is 0 Å². The summed E-state index contributed by atoms with van der Waals surface area (Å²) in [6, 6.07) is 13.5. The molecule has 2 rings (SSSR count). The van der Waals surface area contributed by atoms with Gasteiger partial charge in [-0.2, -0.15) is 0 Å². The second-order valence-corrected chi connectivity index (χ2v) is 5.79. The van der Waals surface area contributed by atoms with Crippen LogP contribution in [0.25, 0.3) is 0 Å². The van der Waals surface area contributed by atoms with Crippen LogP contribution in [0.4, 0.5) is 5.69 Å². The zero-order chi connectivity index (χ0) is 14.5. The average Bonchev–Trinajstić information content (AvgIpc) is 2.42. The van der Waals surface area contributed by atoms with Crippen LogP contribution < -0.4 is 10.1 Å². The number of carbonyl (C=O) groups is 1. The van der Waals surface area contributed by atoms with Gasteiger partial charge in [0.15, 0.2) is 6.61 Å². The normalized spacial score (nSPS) is 10.2. The Morgan fingerprint density at radius 2 is 1.95 bits per heavy atom. The summed E-state index contributed by atoms with van der Waals surface area (Å²) < 4.78 is 6.55. The van der Waals surface area contributed by atoms with Gasteiger partial charge < -0.3 is 10.1 Å². The molecule has 0 atom stereocenters. The Hall–Kier alpha value is -1.56. The first-order chi connectivity index (χ1) is 9.56. The first-order valence-electron chi connectivity index (χ1n) is 6.30. The number of rotatable bonds is 4. The van der Waals surface area contributed by atoms with E-state index < -0.39 is 0 Å². The lowest BCUT2D eigenvalue weighted by Gasteiger charge is -2.11. The van der Waals surface area contributed by atoms with Gasteiger partial charge in [0.05, 0.1) is 0 Å². The Labute approximate surface area is 132 Å². The summed E-state index contributed by atoms with van der Waals surface area (Å²) in [5, 5.41) is 2.87. The van der Waals surface area contributed by atoms with E-state index in [0.717, 1.165) is 20.4 Å². The second kappa shape index (κ2) is 6.74. The summed E-state index contributed by atoms with van der Waals surface area (Å²) >= 11 is 2.21.